The van der Waals surface area contributed by atoms with Crippen LogP contribution in [0, 0.1) is 0 Å². The Morgan fingerprint density at radius 3 is 2.38 bits per heavy atom. The Balaban J connectivity index is 2.06. The van der Waals surface area contributed by atoms with Gasteiger partial charge < -0.3 is 15.0 Å². The van der Waals surface area contributed by atoms with E-state index in [2.05, 4.69) is 22.3 Å². The molecule has 1 amide bonds. The third-order valence-electron chi connectivity index (χ3n) is 4.34. The van der Waals surface area contributed by atoms with E-state index in [1.807, 2.05) is 32.3 Å². The number of Topliss-reactive ketones (excluding diaryl/α,β-unsaturated/α-hetero) is 1. The number of rotatable bonds is 8. The van der Waals surface area contributed by atoms with Gasteiger partial charge in [-0.05, 0) is 44.8 Å². The fourth-order valence-corrected chi connectivity index (χ4v) is 2.86. The summed E-state index contributed by atoms with van der Waals surface area (Å²) in [4.78, 5) is 26.1. The van der Waals surface area contributed by atoms with Crippen LogP contribution in [0.15, 0.2) is 48.5 Å². The highest BCUT2D eigenvalue weighted by atomic mass is 16.5. The molecule has 0 fully saturated rings. The molecule has 138 valence electrons. The second-order valence-corrected chi connectivity index (χ2v) is 6.45. The molecule has 1 atom stereocenters. The minimum Gasteiger partial charge on any atom is -0.496 e. The number of likely N-dealkylation sites (N-methyl/N-ethyl adjacent to an activating group) is 1. The third kappa shape index (κ3) is 5.17. The molecule has 0 unspecified atom stereocenters. The van der Waals surface area contributed by atoms with Gasteiger partial charge in [-0.1, -0.05) is 30.3 Å². The van der Waals surface area contributed by atoms with Crippen molar-refractivity contribution in [1.29, 1.82) is 0 Å². The number of hydrogen-bond donors (Lipinski definition) is 1. The minimum absolute atomic E-state index is 0.0361. The standard InChI is InChI=1S/C21H26N2O3/c1-15(24)17-10-11-20(26-4)18(12-17)13-21(25)22-14-19(23(2)3)16-8-6-5-7-9-16/h5-12,19H,13-14H2,1-4H3,(H,22,25)/t19-/m1/s1. The van der Waals surface area contributed by atoms with E-state index in [1.165, 1.54) is 6.92 Å². The van der Waals surface area contributed by atoms with Gasteiger partial charge in [-0.2, -0.15) is 0 Å². The molecular weight excluding hydrogens is 328 g/mol. The summed E-state index contributed by atoms with van der Waals surface area (Å²) in [6.07, 6.45) is 0.166. The van der Waals surface area contributed by atoms with Gasteiger partial charge in [-0.3, -0.25) is 9.59 Å². The molecule has 0 heterocycles. The minimum atomic E-state index is -0.105. The number of methoxy groups -OCH3 is 1. The van der Waals surface area contributed by atoms with Crippen LogP contribution in [0.2, 0.25) is 0 Å². The molecule has 0 bridgehead atoms. The predicted octanol–water partition coefficient (Wildman–Crippen LogP) is 2.86. The summed E-state index contributed by atoms with van der Waals surface area (Å²) in [5, 5.41) is 2.99. The van der Waals surface area contributed by atoms with Crippen LogP contribution in [0.3, 0.4) is 0 Å². The number of hydrogen-bond acceptors (Lipinski definition) is 4. The summed E-state index contributed by atoms with van der Waals surface area (Å²) in [5.74, 6) is 0.468. The Morgan fingerprint density at radius 1 is 1.12 bits per heavy atom. The fourth-order valence-electron chi connectivity index (χ4n) is 2.86. The first-order valence-electron chi connectivity index (χ1n) is 8.58. The van der Waals surface area contributed by atoms with Crippen LogP contribution in [-0.4, -0.2) is 44.3 Å². The zero-order chi connectivity index (χ0) is 19.1. The van der Waals surface area contributed by atoms with Crippen molar-refractivity contribution in [3.63, 3.8) is 0 Å². The maximum absolute atomic E-state index is 12.5. The number of carbonyl (C=O) groups is 2. The van der Waals surface area contributed by atoms with E-state index in [0.717, 1.165) is 5.56 Å². The van der Waals surface area contributed by atoms with Gasteiger partial charge in [-0.15, -0.1) is 0 Å². The van der Waals surface area contributed by atoms with Crippen LogP contribution >= 0.6 is 0 Å². The number of ketones is 1. The molecule has 0 aliphatic rings. The van der Waals surface area contributed by atoms with Crippen LogP contribution < -0.4 is 10.1 Å². The average molecular weight is 354 g/mol. The Morgan fingerprint density at radius 2 is 1.81 bits per heavy atom. The van der Waals surface area contributed by atoms with Crippen LogP contribution in [0.25, 0.3) is 0 Å². The Hall–Kier alpha value is -2.66. The van der Waals surface area contributed by atoms with Crippen LogP contribution in [0.5, 0.6) is 5.75 Å². The van der Waals surface area contributed by atoms with Crippen LogP contribution in [-0.2, 0) is 11.2 Å². The number of nitrogens with zero attached hydrogens (tertiary/aromatic N) is 1. The summed E-state index contributed by atoms with van der Waals surface area (Å²) < 4.78 is 5.31. The van der Waals surface area contributed by atoms with Crippen molar-refractivity contribution in [3.05, 3.63) is 65.2 Å². The second kappa shape index (κ2) is 9.15. The largest absolute Gasteiger partial charge is 0.496 e. The topological polar surface area (TPSA) is 58.6 Å². The van der Waals surface area contributed by atoms with Gasteiger partial charge in [0.2, 0.25) is 5.91 Å². The summed E-state index contributed by atoms with van der Waals surface area (Å²) in [6, 6.07) is 15.3. The molecule has 0 aliphatic heterocycles. The second-order valence-electron chi connectivity index (χ2n) is 6.45. The maximum Gasteiger partial charge on any atom is 0.224 e. The summed E-state index contributed by atoms with van der Waals surface area (Å²) >= 11 is 0. The monoisotopic (exact) mass is 354 g/mol. The molecular formula is C21H26N2O3. The molecule has 5 nitrogen and oxygen atoms in total. The SMILES string of the molecule is COc1ccc(C(C)=O)cc1CC(=O)NC[C@H](c1ccccc1)N(C)C. The zero-order valence-electron chi connectivity index (χ0n) is 15.8. The highest BCUT2D eigenvalue weighted by Gasteiger charge is 2.16. The Kier molecular flexibility index (Phi) is 6.92. The smallest absolute Gasteiger partial charge is 0.224 e. The van der Waals surface area contributed by atoms with Gasteiger partial charge in [0.05, 0.1) is 19.6 Å². The van der Waals surface area contributed by atoms with E-state index in [0.29, 0.717) is 23.4 Å². The van der Waals surface area contributed by atoms with Crippen molar-refractivity contribution in [2.75, 3.05) is 27.7 Å². The van der Waals surface area contributed by atoms with Crippen LogP contribution in [0.4, 0.5) is 0 Å². The molecule has 1 N–H and O–H groups in total. The van der Waals surface area contributed by atoms with Crippen molar-refractivity contribution in [1.82, 2.24) is 10.2 Å². The van der Waals surface area contributed by atoms with Gasteiger partial charge in [0, 0.05) is 17.7 Å². The third-order valence-corrected chi connectivity index (χ3v) is 4.34. The van der Waals surface area contributed by atoms with Gasteiger partial charge >= 0.3 is 0 Å². The van der Waals surface area contributed by atoms with E-state index in [-0.39, 0.29) is 24.2 Å². The predicted molar refractivity (Wildman–Crippen MR) is 103 cm³/mol. The molecule has 2 aromatic carbocycles. The molecule has 0 radical (unpaired) electrons. The maximum atomic E-state index is 12.5. The Labute approximate surface area is 155 Å². The van der Waals surface area contributed by atoms with Crippen LogP contribution in [0.1, 0.15) is 34.5 Å². The van der Waals surface area contributed by atoms with Crippen molar-refractivity contribution in [2.24, 2.45) is 0 Å². The van der Waals surface area contributed by atoms with E-state index in [1.54, 1.807) is 25.3 Å². The first-order valence-corrected chi connectivity index (χ1v) is 8.58. The lowest BCUT2D eigenvalue weighted by molar-refractivity contribution is -0.120. The van der Waals surface area contributed by atoms with Gasteiger partial charge in [0.15, 0.2) is 5.78 Å². The van der Waals surface area contributed by atoms with Gasteiger partial charge in [0.1, 0.15) is 5.75 Å². The summed E-state index contributed by atoms with van der Waals surface area (Å²) in [6.45, 7) is 2.01. The number of nitrogens with one attached hydrogen (secondary N) is 1. The van der Waals surface area contributed by atoms with Crippen molar-refractivity contribution in [3.8, 4) is 5.75 Å². The van der Waals surface area contributed by atoms with E-state index < -0.39 is 0 Å². The number of amides is 1. The molecule has 0 aromatic heterocycles. The lowest BCUT2D eigenvalue weighted by Crippen LogP contribution is -2.35. The van der Waals surface area contributed by atoms with E-state index in [9.17, 15) is 9.59 Å². The first kappa shape index (κ1) is 19.7. The van der Waals surface area contributed by atoms with E-state index in [4.69, 9.17) is 4.74 Å². The molecule has 26 heavy (non-hydrogen) atoms. The molecule has 0 aliphatic carbocycles. The molecule has 0 spiro atoms. The molecule has 0 saturated carbocycles. The number of ether oxygens (including phenoxy) is 1. The lowest BCUT2D eigenvalue weighted by atomic mass is 10.0. The zero-order valence-corrected chi connectivity index (χ0v) is 15.8. The average Bonchev–Trinajstić information content (AvgIpc) is 2.62. The van der Waals surface area contributed by atoms with E-state index >= 15 is 0 Å². The highest BCUT2D eigenvalue weighted by molar-refractivity contribution is 5.94. The van der Waals surface area contributed by atoms with Gasteiger partial charge in [0.25, 0.3) is 0 Å². The van der Waals surface area contributed by atoms with Crippen molar-refractivity contribution >= 4 is 11.7 Å². The normalized spacial score (nSPS) is 11.9. The lowest BCUT2D eigenvalue weighted by Gasteiger charge is -2.25. The van der Waals surface area contributed by atoms with Crippen molar-refractivity contribution < 1.29 is 14.3 Å². The van der Waals surface area contributed by atoms with Crippen molar-refractivity contribution in [2.45, 2.75) is 19.4 Å². The summed E-state index contributed by atoms with van der Waals surface area (Å²) in [7, 11) is 5.54. The number of carbonyl (C=O) groups excluding carboxylic acids is 2. The summed E-state index contributed by atoms with van der Waals surface area (Å²) in [5.41, 5.74) is 2.43. The molecule has 2 rings (SSSR count). The highest BCUT2D eigenvalue weighted by Crippen LogP contribution is 2.21. The molecule has 5 heteroatoms. The molecule has 2 aromatic rings. The number of benzene rings is 2. The molecule has 0 saturated heterocycles. The quantitative estimate of drug-likeness (QED) is 0.741. The first-order chi connectivity index (χ1) is 12.4. The Bertz CT molecular complexity index is 757. The van der Waals surface area contributed by atoms with Gasteiger partial charge in [-0.25, -0.2) is 0 Å². The fraction of sp³-hybridized carbons (Fsp3) is 0.333.